The van der Waals surface area contributed by atoms with Crippen molar-refractivity contribution in [3.05, 3.63) is 46.5 Å². The van der Waals surface area contributed by atoms with Crippen molar-refractivity contribution < 1.29 is 0 Å². The number of nitrogen functional groups attached to an aromatic ring is 1. The van der Waals surface area contributed by atoms with Gasteiger partial charge in [-0.15, -0.1) is 0 Å². The summed E-state index contributed by atoms with van der Waals surface area (Å²) < 4.78 is 0. The molecule has 0 aliphatic heterocycles. The second-order valence-electron chi connectivity index (χ2n) is 4.16. The van der Waals surface area contributed by atoms with E-state index in [0.717, 1.165) is 5.56 Å². The molecule has 2 atom stereocenters. The Morgan fingerprint density at radius 2 is 2.26 bits per heavy atom. The lowest BCUT2D eigenvalue weighted by Crippen LogP contribution is -2.23. The predicted molar refractivity (Wildman–Crippen MR) is 75.8 cm³/mol. The third kappa shape index (κ3) is 3.55. The summed E-state index contributed by atoms with van der Waals surface area (Å²) in [5, 5.41) is 0.398. The smallest absolute Gasteiger partial charge is 0.253 e. The van der Waals surface area contributed by atoms with Gasteiger partial charge in [0, 0.05) is 24.5 Å². The number of nitrogens with zero attached hydrogens (tertiary/aromatic N) is 2. The van der Waals surface area contributed by atoms with Crippen molar-refractivity contribution in [1.82, 2.24) is 15.0 Å². The van der Waals surface area contributed by atoms with E-state index in [1.807, 2.05) is 19.1 Å². The van der Waals surface area contributed by atoms with Gasteiger partial charge in [-0.3, -0.25) is 9.78 Å². The van der Waals surface area contributed by atoms with Crippen LogP contribution in [0.3, 0.4) is 0 Å². The number of hydrogen-bond donors (Lipinski definition) is 3. The molecule has 0 spiro atoms. The zero-order valence-electron chi connectivity index (χ0n) is 10.4. The minimum Gasteiger partial charge on any atom is -0.383 e. The third-order valence-corrected chi connectivity index (χ3v) is 3.84. The van der Waals surface area contributed by atoms with E-state index in [1.165, 1.54) is 17.8 Å². The molecule has 5 N–H and O–H groups in total. The lowest BCUT2D eigenvalue weighted by molar-refractivity contribution is 0.715. The van der Waals surface area contributed by atoms with Crippen LogP contribution in [-0.4, -0.2) is 21.0 Å². The summed E-state index contributed by atoms with van der Waals surface area (Å²) >= 11 is 1.37. The van der Waals surface area contributed by atoms with E-state index in [0.29, 0.717) is 5.16 Å². The number of rotatable bonds is 4. The molecule has 2 heterocycles. The lowest BCUT2D eigenvalue weighted by Gasteiger charge is -2.19. The number of aromatic nitrogens is 3. The number of aromatic amines is 1. The zero-order chi connectivity index (χ0) is 13.8. The average Bonchev–Trinajstić information content (AvgIpc) is 2.35. The Kier molecular flexibility index (Phi) is 4.18. The molecule has 6 nitrogen and oxygen atoms in total. The molecule has 2 aromatic heterocycles. The summed E-state index contributed by atoms with van der Waals surface area (Å²) in [5.74, 6) is 0.195. The van der Waals surface area contributed by atoms with Crippen LogP contribution < -0.4 is 17.0 Å². The normalized spacial score (nSPS) is 14.0. The van der Waals surface area contributed by atoms with Crippen LogP contribution in [0.1, 0.15) is 17.7 Å². The van der Waals surface area contributed by atoms with Crippen LogP contribution in [0, 0.1) is 0 Å². The van der Waals surface area contributed by atoms with Gasteiger partial charge >= 0.3 is 0 Å². The summed E-state index contributed by atoms with van der Waals surface area (Å²) in [4.78, 5) is 22.2. The van der Waals surface area contributed by atoms with Gasteiger partial charge in [-0.25, -0.2) is 4.98 Å². The summed E-state index contributed by atoms with van der Waals surface area (Å²) in [5.41, 5.74) is 12.3. The van der Waals surface area contributed by atoms with Crippen molar-refractivity contribution in [3.63, 3.8) is 0 Å². The molecule has 19 heavy (non-hydrogen) atoms. The van der Waals surface area contributed by atoms with E-state index in [1.54, 1.807) is 12.4 Å². The first kappa shape index (κ1) is 13.6. The van der Waals surface area contributed by atoms with Crippen LogP contribution in [0.25, 0.3) is 0 Å². The Bertz CT molecular complexity index is 599. The van der Waals surface area contributed by atoms with Gasteiger partial charge in [0.2, 0.25) is 0 Å². The van der Waals surface area contributed by atoms with Crippen LogP contribution >= 0.6 is 11.8 Å². The summed E-state index contributed by atoms with van der Waals surface area (Å²) in [6, 6.07) is 4.91. The lowest BCUT2D eigenvalue weighted by atomic mass is 10.1. The molecule has 2 unspecified atom stereocenters. The molecule has 0 radical (unpaired) electrons. The molecular formula is C12H15N5OS. The highest BCUT2D eigenvalue weighted by Gasteiger charge is 2.19. The van der Waals surface area contributed by atoms with E-state index in [9.17, 15) is 4.79 Å². The average molecular weight is 277 g/mol. The highest BCUT2D eigenvalue weighted by Crippen LogP contribution is 2.34. The summed E-state index contributed by atoms with van der Waals surface area (Å²) in [7, 11) is 0. The fourth-order valence-electron chi connectivity index (χ4n) is 1.65. The van der Waals surface area contributed by atoms with Crippen LogP contribution in [0.2, 0.25) is 0 Å². The SMILES string of the molecule is CC(N)C(Sc1nc(N)cc(=O)[nH]1)c1cccnc1. The molecule has 100 valence electrons. The molecule has 0 amide bonds. The van der Waals surface area contributed by atoms with Crippen LogP contribution in [-0.2, 0) is 0 Å². The molecule has 0 saturated carbocycles. The van der Waals surface area contributed by atoms with Crippen molar-refractivity contribution in [3.8, 4) is 0 Å². The first-order valence-electron chi connectivity index (χ1n) is 5.75. The highest BCUT2D eigenvalue weighted by molar-refractivity contribution is 7.99. The Hall–Kier alpha value is -1.86. The third-order valence-electron chi connectivity index (χ3n) is 2.47. The van der Waals surface area contributed by atoms with Gasteiger partial charge < -0.3 is 16.5 Å². The van der Waals surface area contributed by atoms with Gasteiger partial charge in [0.05, 0.1) is 5.25 Å². The van der Waals surface area contributed by atoms with Gasteiger partial charge in [0.25, 0.3) is 5.56 Å². The van der Waals surface area contributed by atoms with E-state index >= 15 is 0 Å². The van der Waals surface area contributed by atoms with Crippen molar-refractivity contribution in [2.24, 2.45) is 5.73 Å². The van der Waals surface area contributed by atoms with Crippen LogP contribution in [0.4, 0.5) is 5.82 Å². The number of H-pyrrole nitrogens is 1. The van der Waals surface area contributed by atoms with Crippen molar-refractivity contribution in [2.45, 2.75) is 23.4 Å². The molecular weight excluding hydrogens is 262 g/mol. The largest absolute Gasteiger partial charge is 0.383 e. The maximum atomic E-state index is 11.4. The molecule has 0 aliphatic carbocycles. The molecule has 0 aromatic carbocycles. The maximum Gasteiger partial charge on any atom is 0.253 e. The standard InChI is InChI=1S/C12H15N5OS/c1-7(13)11(8-3-2-4-15-6-8)19-12-16-9(14)5-10(18)17-12/h2-7,11H,13H2,1H3,(H3,14,16,17,18). The molecule has 0 aliphatic rings. The number of pyridine rings is 1. The van der Waals surface area contributed by atoms with Crippen molar-refractivity contribution in [1.29, 1.82) is 0 Å². The summed E-state index contributed by atoms with van der Waals surface area (Å²) in [6.07, 6.45) is 3.46. The van der Waals surface area contributed by atoms with Gasteiger partial charge in [-0.2, -0.15) is 0 Å². The fraction of sp³-hybridized carbons (Fsp3) is 0.250. The van der Waals surface area contributed by atoms with Crippen LogP contribution in [0.5, 0.6) is 0 Å². The fourth-order valence-corrected chi connectivity index (χ4v) is 2.70. The van der Waals surface area contributed by atoms with Gasteiger partial charge in [-0.05, 0) is 18.6 Å². The minimum atomic E-state index is -0.274. The number of thioether (sulfide) groups is 1. The summed E-state index contributed by atoms with van der Waals surface area (Å²) in [6.45, 7) is 1.90. The second-order valence-corrected chi connectivity index (χ2v) is 5.29. The molecule has 0 saturated heterocycles. The van der Waals surface area contributed by atoms with Crippen molar-refractivity contribution in [2.75, 3.05) is 5.73 Å². The maximum absolute atomic E-state index is 11.4. The first-order chi connectivity index (χ1) is 9.06. The molecule has 0 fully saturated rings. The minimum absolute atomic E-state index is 0.0568. The van der Waals surface area contributed by atoms with Gasteiger partial charge in [0.15, 0.2) is 5.16 Å². The molecule has 0 bridgehead atoms. The Morgan fingerprint density at radius 3 is 2.84 bits per heavy atom. The number of nitrogens with one attached hydrogen (secondary N) is 1. The topological polar surface area (TPSA) is 111 Å². The zero-order valence-corrected chi connectivity index (χ0v) is 11.2. The van der Waals surface area contributed by atoms with Crippen LogP contribution in [0.15, 0.2) is 40.5 Å². The Morgan fingerprint density at radius 1 is 1.47 bits per heavy atom. The Balaban J connectivity index is 2.29. The van der Waals surface area contributed by atoms with E-state index in [-0.39, 0.29) is 22.7 Å². The van der Waals surface area contributed by atoms with E-state index < -0.39 is 0 Å². The molecule has 2 rings (SSSR count). The van der Waals surface area contributed by atoms with E-state index in [2.05, 4.69) is 15.0 Å². The van der Waals surface area contributed by atoms with Gasteiger partial charge in [-0.1, -0.05) is 17.8 Å². The predicted octanol–water partition coefficient (Wildman–Crippen LogP) is 0.928. The first-order valence-corrected chi connectivity index (χ1v) is 6.63. The molecule has 2 aromatic rings. The van der Waals surface area contributed by atoms with E-state index in [4.69, 9.17) is 11.5 Å². The Labute approximate surface area is 114 Å². The number of hydrogen-bond acceptors (Lipinski definition) is 6. The van der Waals surface area contributed by atoms with Crippen molar-refractivity contribution >= 4 is 17.6 Å². The highest BCUT2D eigenvalue weighted by atomic mass is 32.2. The monoisotopic (exact) mass is 277 g/mol. The number of anilines is 1. The molecule has 7 heteroatoms. The quantitative estimate of drug-likeness (QED) is 0.566. The number of nitrogens with two attached hydrogens (primary N) is 2. The second kappa shape index (κ2) is 5.85. The van der Waals surface area contributed by atoms with Gasteiger partial charge in [0.1, 0.15) is 5.82 Å².